The molecule has 1 unspecified atom stereocenters. The number of anilines is 1. The lowest BCUT2D eigenvalue weighted by atomic mass is 9.77. The molecule has 9 heteroatoms. The summed E-state index contributed by atoms with van der Waals surface area (Å²) >= 11 is 6.51. The highest BCUT2D eigenvalue weighted by atomic mass is 35.5. The number of likely N-dealkylation sites (N-methyl/N-ethyl adjacent to an activating group) is 1. The smallest absolute Gasteiger partial charge is 0.254 e. The van der Waals surface area contributed by atoms with Crippen LogP contribution in [0.4, 0.5) is 5.69 Å². The third-order valence-electron chi connectivity index (χ3n) is 7.44. The quantitative estimate of drug-likeness (QED) is 0.512. The molecule has 5 rings (SSSR count). The van der Waals surface area contributed by atoms with E-state index in [0.29, 0.717) is 45.5 Å². The molecule has 3 aromatic rings. The van der Waals surface area contributed by atoms with Gasteiger partial charge < -0.3 is 24.4 Å². The zero-order valence-corrected chi connectivity index (χ0v) is 22.8. The third-order valence-corrected chi connectivity index (χ3v) is 7.67. The van der Waals surface area contributed by atoms with Crippen molar-refractivity contribution in [2.24, 2.45) is 0 Å². The van der Waals surface area contributed by atoms with Crippen molar-refractivity contribution < 1.29 is 23.8 Å². The summed E-state index contributed by atoms with van der Waals surface area (Å²) in [5, 5.41) is 3.54. The van der Waals surface area contributed by atoms with Crippen LogP contribution in [0.15, 0.2) is 54.6 Å². The van der Waals surface area contributed by atoms with E-state index in [1.54, 1.807) is 58.5 Å². The maximum Gasteiger partial charge on any atom is 0.254 e. The summed E-state index contributed by atoms with van der Waals surface area (Å²) in [5.41, 5.74) is 2.43. The van der Waals surface area contributed by atoms with Gasteiger partial charge in [0, 0.05) is 42.5 Å². The Hall–Kier alpha value is -3.75. The number of fused-ring (bicyclic) bond motifs is 2. The van der Waals surface area contributed by atoms with Crippen LogP contribution in [0.25, 0.3) is 0 Å². The van der Waals surface area contributed by atoms with Crippen molar-refractivity contribution in [2.75, 3.05) is 40.7 Å². The van der Waals surface area contributed by atoms with Crippen LogP contribution < -0.4 is 19.5 Å². The zero-order chi connectivity index (χ0) is 27.2. The summed E-state index contributed by atoms with van der Waals surface area (Å²) < 4.78 is 16.9. The molecular weight excluding hydrogens is 506 g/mol. The second-order valence-corrected chi connectivity index (χ2v) is 10.0. The van der Waals surface area contributed by atoms with E-state index < -0.39 is 11.6 Å². The van der Waals surface area contributed by atoms with Crippen molar-refractivity contribution in [2.45, 2.75) is 24.5 Å². The number of halogens is 1. The first-order valence-electron chi connectivity index (χ1n) is 12.2. The molecule has 198 valence electrons. The zero-order valence-electron chi connectivity index (χ0n) is 22.0. The molecule has 2 aliphatic heterocycles. The van der Waals surface area contributed by atoms with Crippen LogP contribution in [0.5, 0.6) is 17.2 Å². The lowest BCUT2D eigenvalue weighted by Crippen LogP contribution is -2.61. The Morgan fingerprint density at radius 2 is 1.61 bits per heavy atom. The molecule has 2 atom stereocenters. The van der Waals surface area contributed by atoms with Gasteiger partial charge in [-0.05, 0) is 53.9 Å². The molecule has 0 radical (unpaired) electrons. The summed E-state index contributed by atoms with van der Waals surface area (Å²) in [6.45, 7) is 0.289. The molecule has 0 saturated carbocycles. The van der Waals surface area contributed by atoms with Crippen LogP contribution in [0, 0.1) is 0 Å². The fourth-order valence-electron chi connectivity index (χ4n) is 5.69. The number of carbonyl (C=O) groups is 2. The molecule has 0 fully saturated rings. The van der Waals surface area contributed by atoms with Crippen molar-refractivity contribution in [1.82, 2.24) is 9.80 Å². The molecule has 1 N–H and O–H groups in total. The fourth-order valence-corrected chi connectivity index (χ4v) is 5.87. The van der Waals surface area contributed by atoms with Crippen molar-refractivity contribution in [3.05, 3.63) is 81.9 Å². The van der Waals surface area contributed by atoms with E-state index in [0.717, 1.165) is 11.1 Å². The number of methoxy groups -OCH3 is 3. The van der Waals surface area contributed by atoms with Gasteiger partial charge in [0.25, 0.3) is 5.91 Å². The Kier molecular flexibility index (Phi) is 6.71. The van der Waals surface area contributed by atoms with Gasteiger partial charge in [0.1, 0.15) is 5.75 Å². The Morgan fingerprint density at radius 1 is 0.947 bits per heavy atom. The van der Waals surface area contributed by atoms with Gasteiger partial charge in [-0.3, -0.25) is 14.5 Å². The third kappa shape index (κ3) is 3.87. The topological polar surface area (TPSA) is 80.3 Å². The Morgan fingerprint density at radius 3 is 2.26 bits per heavy atom. The molecule has 0 aromatic heterocycles. The number of amides is 2. The van der Waals surface area contributed by atoms with Gasteiger partial charge >= 0.3 is 0 Å². The van der Waals surface area contributed by atoms with Crippen LogP contribution in [-0.2, 0) is 28.1 Å². The summed E-state index contributed by atoms with van der Waals surface area (Å²) in [6.07, 6.45) is 0.368. The van der Waals surface area contributed by atoms with Crippen LogP contribution in [0.3, 0.4) is 0 Å². The second-order valence-electron chi connectivity index (χ2n) is 9.61. The minimum Gasteiger partial charge on any atom is -0.496 e. The van der Waals surface area contributed by atoms with Crippen molar-refractivity contribution >= 4 is 29.1 Å². The Bertz CT molecular complexity index is 1430. The van der Waals surface area contributed by atoms with Crippen LogP contribution >= 0.6 is 11.6 Å². The highest BCUT2D eigenvalue weighted by molar-refractivity contribution is 6.31. The first-order valence-corrected chi connectivity index (χ1v) is 12.6. The number of carbonyl (C=O) groups excluding carboxylic acids is 2. The van der Waals surface area contributed by atoms with Crippen molar-refractivity contribution in [3.8, 4) is 17.2 Å². The predicted octanol–water partition coefficient (Wildman–Crippen LogP) is 4.08. The molecule has 8 nitrogen and oxygen atoms in total. The van der Waals surface area contributed by atoms with Gasteiger partial charge in [0.2, 0.25) is 5.91 Å². The monoisotopic (exact) mass is 535 g/mol. The van der Waals surface area contributed by atoms with Crippen molar-refractivity contribution in [1.29, 1.82) is 0 Å². The number of rotatable bonds is 6. The first-order chi connectivity index (χ1) is 18.3. The molecule has 2 aliphatic rings. The van der Waals surface area contributed by atoms with E-state index in [1.165, 1.54) is 0 Å². The fraction of sp³-hybridized carbons (Fsp3) is 0.310. The van der Waals surface area contributed by atoms with Gasteiger partial charge in [0.15, 0.2) is 17.0 Å². The standard InChI is InChI=1S/C29H30ClN3O5/c1-32(2)27(34)23-12-17-13-25(37-4)26(38-5)14-18(17)16-33(23)29(20-8-6-7-9-24(20)36-3)21-15-19(30)10-11-22(21)31-28(29)35/h6-11,13-15,23H,12,16H2,1-5H3,(H,31,35)/t23-,29?/m0/s1. The number of para-hydroxylation sites is 1. The Balaban J connectivity index is 1.82. The molecule has 2 amide bonds. The van der Waals surface area contributed by atoms with Gasteiger partial charge in [0.05, 0.1) is 27.4 Å². The van der Waals surface area contributed by atoms with E-state index in [1.807, 2.05) is 41.3 Å². The molecule has 0 saturated heterocycles. The molecule has 0 spiro atoms. The van der Waals surface area contributed by atoms with Gasteiger partial charge in [-0.2, -0.15) is 0 Å². The molecule has 0 bridgehead atoms. The average molecular weight is 536 g/mol. The van der Waals surface area contributed by atoms with E-state index >= 15 is 0 Å². The molecule has 0 aliphatic carbocycles. The highest BCUT2D eigenvalue weighted by Gasteiger charge is 2.58. The summed E-state index contributed by atoms with van der Waals surface area (Å²) in [7, 11) is 8.19. The number of hydrogen-bond acceptors (Lipinski definition) is 6. The van der Waals surface area contributed by atoms with Crippen LogP contribution in [-0.4, -0.2) is 63.1 Å². The normalized spacial score (nSPS) is 20.3. The van der Waals surface area contributed by atoms with E-state index in [4.69, 9.17) is 25.8 Å². The summed E-state index contributed by atoms with van der Waals surface area (Å²) in [6, 6.07) is 15.9. The van der Waals surface area contributed by atoms with E-state index in [2.05, 4.69) is 5.32 Å². The summed E-state index contributed by atoms with van der Waals surface area (Å²) in [5.74, 6) is 1.30. The summed E-state index contributed by atoms with van der Waals surface area (Å²) in [4.78, 5) is 31.6. The first kappa shape index (κ1) is 25.9. The average Bonchev–Trinajstić information content (AvgIpc) is 3.22. The van der Waals surface area contributed by atoms with Gasteiger partial charge in [-0.25, -0.2) is 0 Å². The van der Waals surface area contributed by atoms with Gasteiger partial charge in [-0.1, -0.05) is 29.8 Å². The second kappa shape index (κ2) is 9.85. The number of nitrogens with zero attached hydrogens (tertiary/aromatic N) is 2. The SMILES string of the molecule is COc1cc2c(cc1OC)CN(C1(c3ccccc3OC)C(=O)Nc3ccc(Cl)cc31)[C@H](C(=O)N(C)C)C2. The minimum absolute atomic E-state index is 0.122. The molecule has 3 aromatic carbocycles. The molecular formula is C29H30ClN3O5. The lowest BCUT2D eigenvalue weighted by molar-refractivity contribution is -0.141. The van der Waals surface area contributed by atoms with Crippen LogP contribution in [0.1, 0.15) is 22.3 Å². The highest BCUT2D eigenvalue weighted by Crippen LogP contribution is 2.52. The molecule has 2 heterocycles. The van der Waals surface area contributed by atoms with Crippen LogP contribution in [0.2, 0.25) is 5.02 Å². The number of ether oxygens (including phenoxy) is 3. The largest absolute Gasteiger partial charge is 0.496 e. The minimum atomic E-state index is -1.39. The predicted molar refractivity (Wildman–Crippen MR) is 145 cm³/mol. The van der Waals surface area contributed by atoms with Gasteiger partial charge in [-0.15, -0.1) is 0 Å². The van der Waals surface area contributed by atoms with E-state index in [-0.39, 0.29) is 18.4 Å². The number of nitrogens with one attached hydrogen (secondary N) is 1. The maximum absolute atomic E-state index is 14.3. The lowest BCUT2D eigenvalue weighted by Gasteiger charge is -2.47. The number of hydrogen-bond donors (Lipinski definition) is 1. The Labute approximate surface area is 227 Å². The number of benzene rings is 3. The van der Waals surface area contributed by atoms with E-state index in [9.17, 15) is 9.59 Å². The maximum atomic E-state index is 14.3. The van der Waals surface area contributed by atoms with Crippen molar-refractivity contribution in [3.63, 3.8) is 0 Å². The molecule has 38 heavy (non-hydrogen) atoms.